The second-order valence-electron chi connectivity index (χ2n) is 4.98. The van der Waals surface area contributed by atoms with E-state index in [0.717, 1.165) is 31.6 Å². The molecule has 0 unspecified atom stereocenters. The van der Waals surface area contributed by atoms with Crippen molar-refractivity contribution < 1.29 is 9.53 Å². The van der Waals surface area contributed by atoms with Crippen LogP contribution >= 0.6 is 0 Å². The number of rotatable bonds is 2. The van der Waals surface area contributed by atoms with Crippen LogP contribution in [0.15, 0.2) is 18.2 Å². The van der Waals surface area contributed by atoms with Crippen molar-refractivity contribution in [2.24, 2.45) is 0 Å². The molecular formula is C15H21N2O2. The molecule has 4 heteroatoms. The first kappa shape index (κ1) is 13.9. The van der Waals surface area contributed by atoms with Gasteiger partial charge in [-0.15, -0.1) is 0 Å². The van der Waals surface area contributed by atoms with Crippen LogP contribution < -0.4 is 5.32 Å². The summed E-state index contributed by atoms with van der Waals surface area (Å²) in [7, 11) is 0. The molecule has 1 amide bonds. The minimum Gasteiger partial charge on any atom is -0.445 e. The van der Waals surface area contributed by atoms with Crippen LogP contribution in [0.2, 0.25) is 0 Å². The van der Waals surface area contributed by atoms with Crippen LogP contribution in [0.3, 0.4) is 0 Å². The van der Waals surface area contributed by atoms with Crippen molar-refractivity contribution in [1.82, 2.24) is 10.2 Å². The highest BCUT2D eigenvalue weighted by Crippen LogP contribution is 2.11. The first-order valence-electron chi connectivity index (χ1n) is 6.78. The average molecular weight is 261 g/mol. The van der Waals surface area contributed by atoms with Gasteiger partial charge in [-0.1, -0.05) is 18.2 Å². The number of benzene rings is 1. The van der Waals surface area contributed by atoms with Gasteiger partial charge in [0.25, 0.3) is 0 Å². The van der Waals surface area contributed by atoms with Crippen LogP contribution in [0, 0.1) is 13.8 Å². The van der Waals surface area contributed by atoms with E-state index < -0.39 is 0 Å². The van der Waals surface area contributed by atoms with Crippen LogP contribution in [-0.2, 0) is 11.3 Å². The van der Waals surface area contributed by atoms with Gasteiger partial charge in [-0.3, -0.25) is 0 Å². The van der Waals surface area contributed by atoms with E-state index in [9.17, 15) is 4.79 Å². The van der Waals surface area contributed by atoms with E-state index >= 15 is 0 Å². The maximum Gasteiger partial charge on any atom is 0.410 e. The third-order valence-electron chi connectivity index (χ3n) is 3.46. The molecule has 0 saturated carbocycles. The number of aryl methyl sites for hydroxylation is 2. The van der Waals surface area contributed by atoms with E-state index in [-0.39, 0.29) is 6.09 Å². The molecule has 1 aliphatic rings. The molecule has 0 aliphatic carbocycles. The van der Waals surface area contributed by atoms with E-state index in [0.29, 0.717) is 13.2 Å². The molecule has 1 aromatic rings. The van der Waals surface area contributed by atoms with Gasteiger partial charge >= 0.3 is 6.09 Å². The molecule has 1 fully saturated rings. The molecule has 0 bridgehead atoms. The predicted octanol–water partition coefficient (Wildman–Crippen LogP) is 2.25. The summed E-state index contributed by atoms with van der Waals surface area (Å²) in [5.74, 6) is 0. The molecule has 1 aromatic carbocycles. The molecule has 1 heterocycles. The molecule has 2 rings (SSSR count). The Labute approximate surface area is 114 Å². The summed E-state index contributed by atoms with van der Waals surface area (Å²) in [6.07, 6.45) is 0.703. The van der Waals surface area contributed by atoms with Gasteiger partial charge < -0.3 is 9.64 Å². The Morgan fingerprint density at radius 3 is 2.89 bits per heavy atom. The Morgan fingerprint density at radius 1 is 1.26 bits per heavy atom. The molecule has 103 valence electrons. The largest absolute Gasteiger partial charge is 0.445 e. The number of nitrogens with zero attached hydrogens (tertiary/aromatic N) is 2. The van der Waals surface area contributed by atoms with Crippen LogP contribution in [-0.4, -0.2) is 37.2 Å². The summed E-state index contributed by atoms with van der Waals surface area (Å²) in [4.78, 5) is 13.7. The lowest BCUT2D eigenvalue weighted by Gasteiger charge is -2.19. The van der Waals surface area contributed by atoms with Gasteiger partial charge in [0.2, 0.25) is 0 Å². The van der Waals surface area contributed by atoms with Gasteiger partial charge in [-0.25, -0.2) is 10.1 Å². The quantitative estimate of drug-likeness (QED) is 0.819. The minimum absolute atomic E-state index is 0.227. The van der Waals surface area contributed by atoms with E-state index in [1.165, 1.54) is 11.1 Å². The summed E-state index contributed by atoms with van der Waals surface area (Å²) >= 11 is 0. The molecule has 0 N–H and O–H groups in total. The highest BCUT2D eigenvalue weighted by atomic mass is 16.6. The zero-order valence-corrected chi connectivity index (χ0v) is 11.7. The van der Waals surface area contributed by atoms with Gasteiger partial charge in [0.15, 0.2) is 0 Å². The molecule has 1 saturated heterocycles. The zero-order chi connectivity index (χ0) is 13.7. The van der Waals surface area contributed by atoms with Crippen molar-refractivity contribution in [1.29, 1.82) is 0 Å². The fourth-order valence-corrected chi connectivity index (χ4v) is 2.10. The molecular weight excluding hydrogens is 240 g/mol. The van der Waals surface area contributed by atoms with Crippen molar-refractivity contribution in [2.75, 3.05) is 26.2 Å². The van der Waals surface area contributed by atoms with Gasteiger partial charge in [-0.2, -0.15) is 0 Å². The van der Waals surface area contributed by atoms with E-state index in [2.05, 4.69) is 31.3 Å². The molecule has 1 aliphatic heterocycles. The van der Waals surface area contributed by atoms with Gasteiger partial charge in [0.05, 0.1) is 0 Å². The van der Waals surface area contributed by atoms with Gasteiger partial charge in [-0.05, 0) is 37.0 Å². The van der Waals surface area contributed by atoms with Gasteiger partial charge in [0, 0.05) is 26.2 Å². The summed E-state index contributed by atoms with van der Waals surface area (Å²) < 4.78 is 5.36. The summed E-state index contributed by atoms with van der Waals surface area (Å²) in [6.45, 7) is 7.47. The second-order valence-corrected chi connectivity index (χ2v) is 4.98. The molecule has 4 nitrogen and oxygen atoms in total. The molecule has 0 atom stereocenters. The standard InChI is InChI=1S/C15H21N2O2/c1-12-4-5-14(10-13(12)2)11-19-15(18)17-8-3-6-16-7-9-17/h4-5,10H,3,6-9,11H2,1-2H3. The maximum atomic E-state index is 11.9. The van der Waals surface area contributed by atoms with Crippen LogP contribution in [0.1, 0.15) is 23.1 Å². The average Bonchev–Trinajstić information content (AvgIpc) is 2.69. The Hall–Kier alpha value is -1.55. The molecule has 19 heavy (non-hydrogen) atoms. The molecule has 1 radical (unpaired) electrons. The zero-order valence-electron chi connectivity index (χ0n) is 11.7. The fraction of sp³-hybridized carbons (Fsp3) is 0.533. The van der Waals surface area contributed by atoms with Crippen molar-refractivity contribution in [3.8, 4) is 0 Å². The van der Waals surface area contributed by atoms with E-state index in [4.69, 9.17) is 4.74 Å². The number of hydrogen-bond donors (Lipinski definition) is 0. The van der Waals surface area contributed by atoms with Crippen LogP contribution in [0.25, 0.3) is 0 Å². The molecule has 0 spiro atoms. The summed E-state index contributed by atoms with van der Waals surface area (Å²) in [5, 5.41) is 4.29. The van der Waals surface area contributed by atoms with E-state index in [1.807, 2.05) is 6.07 Å². The second kappa shape index (κ2) is 6.57. The first-order valence-corrected chi connectivity index (χ1v) is 6.78. The van der Waals surface area contributed by atoms with Crippen LogP contribution in [0.4, 0.5) is 4.79 Å². The topological polar surface area (TPSA) is 43.6 Å². The highest BCUT2D eigenvalue weighted by Gasteiger charge is 2.16. The fourth-order valence-electron chi connectivity index (χ4n) is 2.10. The Morgan fingerprint density at radius 2 is 2.11 bits per heavy atom. The van der Waals surface area contributed by atoms with Crippen LogP contribution in [0.5, 0.6) is 0 Å². The Kier molecular flexibility index (Phi) is 4.80. The number of carbonyl (C=O) groups is 1. The Balaban J connectivity index is 1.86. The normalized spacial score (nSPS) is 16.0. The van der Waals surface area contributed by atoms with Crippen molar-refractivity contribution in [2.45, 2.75) is 26.9 Å². The number of carbonyl (C=O) groups excluding carboxylic acids is 1. The predicted molar refractivity (Wildman–Crippen MR) is 74.2 cm³/mol. The first-order chi connectivity index (χ1) is 9.16. The lowest BCUT2D eigenvalue weighted by Crippen LogP contribution is -2.34. The maximum absolute atomic E-state index is 11.9. The molecule has 0 aromatic heterocycles. The number of ether oxygens (including phenoxy) is 1. The Bertz CT molecular complexity index is 438. The number of amides is 1. The SMILES string of the molecule is Cc1ccc(COC(=O)N2CCC[N]CC2)cc1C. The lowest BCUT2D eigenvalue weighted by molar-refractivity contribution is 0.0984. The highest BCUT2D eigenvalue weighted by molar-refractivity contribution is 5.67. The summed E-state index contributed by atoms with van der Waals surface area (Å²) in [6, 6.07) is 6.14. The third-order valence-corrected chi connectivity index (χ3v) is 3.46. The summed E-state index contributed by atoms with van der Waals surface area (Å²) in [5.41, 5.74) is 3.52. The van der Waals surface area contributed by atoms with Crippen molar-refractivity contribution >= 4 is 6.09 Å². The van der Waals surface area contributed by atoms with Crippen molar-refractivity contribution in [3.05, 3.63) is 34.9 Å². The smallest absolute Gasteiger partial charge is 0.410 e. The van der Waals surface area contributed by atoms with Crippen molar-refractivity contribution in [3.63, 3.8) is 0 Å². The van der Waals surface area contributed by atoms with Gasteiger partial charge in [0.1, 0.15) is 6.61 Å². The van der Waals surface area contributed by atoms with E-state index in [1.54, 1.807) is 4.90 Å². The monoisotopic (exact) mass is 261 g/mol. The number of hydrogen-bond acceptors (Lipinski definition) is 2. The minimum atomic E-state index is -0.227. The third kappa shape index (κ3) is 3.96. The lowest BCUT2D eigenvalue weighted by atomic mass is 10.1.